The predicted molar refractivity (Wildman–Crippen MR) is 54.1 cm³/mol. The van der Waals surface area contributed by atoms with E-state index >= 15 is 0 Å². The van der Waals surface area contributed by atoms with Crippen LogP contribution in [-0.2, 0) is 0 Å². The topological polar surface area (TPSA) is 17.1 Å². The summed E-state index contributed by atoms with van der Waals surface area (Å²) in [5.74, 6) is -6.01. The molecule has 100 valence electrons. The van der Waals surface area contributed by atoms with Crippen LogP contribution in [0.15, 0.2) is 28.7 Å². The summed E-state index contributed by atoms with van der Waals surface area (Å²) in [6, 6.07) is 4.18. The molecule has 0 N–H and O–H groups in total. The summed E-state index contributed by atoms with van der Waals surface area (Å²) in [5, 5.41) is 0. The molecule has 0 atom stereocenters. The Bertz CT molecular complexity index is 419. The van der Waals surface area contributed by atoms with Crippen molar-refractivity contribution in [2.24, 2.45) is 5.92 Å². The second kappa shape index (κ2) is 4.91. The van der Waals surface area contributed by atoms with E-state index in [2.05, 4.69) is 15.9 Å². The van der Waals surface area contributed by atoms with Gasteiger partial charge < -0.3 is 0 Å². The fourth-order valence-electron chi connectivity index (χ4n) is 1.26. The van der Waals surface area contributed by atoms with E-state index in [-0.39, 0.29) is 0 Å². The lowest BCUT2D eigenvalue weighted by Gasteiger charge is -2.21. The van der Waals surface area contributed by atoms with Crippen molar-refractivity contribution in [1.82, 2.24) is 0 Å². The lowest BCUT2D eigenvalue weighted by molar-refractivity contribution is -0.264. The molecule has 0 aliphatic heterocycles. The van der Waals surface area contributed by atoms with Gasteiger partial charge >= 0.3 is 12.4 Å². The second-order valence-corrected chi connectivity index (χ2v) is 4.30. The third-order valence-electron chi connectivity index (χ3n) is 2.05. The van der Waals surface area contributed by atoms with E-state index in [1.54, 1.807) is 0 Å². The molecule has 0 aliphatic rings. The molecule has 0 bridgehead atoms. The number of alkyl halides is 6. The summed E-state index contributed by atoms with van der Waals surface area (Å²) in [4.78, 5) is 11.3. The van der Waals surface area contributed by atoms with Crippen LogP contribution in [-0.4, -0.2) is 18.1 Å². The largest absolute Gasteiger partial charge is 0.407 e. The van der Waals surface area contributed by atoms with E-state index < -0.39 is 29.6 Å². The van der Waals surface area contributed by atoms with Gasteiger partial charge in [-0.2, -0.15) is 26.3 Å². The van der Waals surface area contributed by atoms with Crippen LogP contribution in [0.3, 0.4) is 0 Å². The maximum absolute atomic E-state index is 12.3. The molecule has 1 aromatic carbocycles. The van der Waals surface area contributed by atoms with E-state index in [0.717, 1.165) is 12.1 Å². The molecule has 0 radical (unpaired) electrons. The zero-order chi connectivity index (χ0) is 14.1. The van der Waals surface area contributed by atoms with Gasteiger partial charge in [0.15, 0.2) is 5.78 Å². The molecule has 0 aromatic heterocycles. The summed E-state index contributed by atoms with van der Waals surface area (Å²) in [6.45, 7) is 0. The highest BCUT2D eigenvalue weighted by Gasteiger charge is 2.60. The summed E-state index contributed by atoms with van der Waals surface area (Å²) in [7, 11) is 0. The molecule has 0 amide bonds. The summed E-state index contributed by atoms with van der Waals surface area (Å²) >= 11 is 2.95. The maximum Gasteiger partial charge on any atom is 0.407 e. The number of ketones is 1. The Labute approximate surface area is 106 Å². The van der Waals surface area contributed by atoms with Crippen molar-refractivity contribution in [3.63, 3.8) is 0 Å². The van der Waals surface area contributed by atoms with Crippen LogP contribution in [0.2, 0.25) is 0 Å². The minimum atomic E-state index is -5.66. The van der Waals surface area contributed by atoms with Gasteiger partial charge in [-0.3, -0.25) is 4.79 Å². The SMILES string of the molecule is O=C(c1ccc(Br)cc1)C(C(F)(F)F)C(F)(F)F. The predicted octanol–water partition coefficient (Wildman–Crippen LogP) is 4.37. The molecule has 18 heavy (non-hydrogen) atoms. The van der Waals surface area contributed by atoms with Gasteiger partial charge in [0.05, 0.1) is 0 Å². The molecule has 0 aliphatic carbocycles. The Hall–Kier alpha value is -1.05. The fourth-order valence-corrected chi connectivity index (χ4v) is 1.53. The Morgan fingerprint density at radius 3 is 1.67 bits per heavy atom. The van der Waals surface area contributed by atoms with Crippen molar-refractivity contribution in [3.05, 3.63) is 34.3 Å². The monoisotopic (exact) mass is 334 g/mol. The quantitative estimate of drug-likeness (QED) is 0.579. The zero-order valence-electron chi connectivity index (χ0n) is 8.44. The van der Waals surface area contributed by atoms with Crippen LogP contribution in [0, 0.1) is 5.92 Å². The Balaban J connectivity index is 3.16. The molecule has 1 nitrogen and oxygen atoms in total. The number of rotatable bonds is 2. The van der Waals surface area contributed by atoms with E-state index in [4.69, 9.17) is 0 Å². The number of Topliss-reactive ketones (excluding diaryl/α,β-unsaturated/α-hetero) is 1. The molecule has 0 saturated heterocycles. The molecule has 1 aromatic rings. The van der Waals surface area contributed by atoms with E-state index in [0.29, 0.717) is 4.47 Å². The number of hydrogen-bond acceptors (Lipinski definition) is 1. The van der Waals surface area contributed by atoms with Crippen LogP contribution >= 0.6 is 15.9 Å². The third-order valence-corrected chi connectivity index (χ3v) is 2.57. The van der Waals surface area contributed by atoms with E-state index in [1.165, 1.54) is 12.1 Å². The normalized spacial score (nSPS) is 12.9. The number of benzene rings is 1. The average Bonchev–Trinajstić information content (AvgIpc) is 2.13. The van der Waals surface area contributed by atoms with Gasteiger partial charge in [-0.1, -0.05) is 28.1 Å². The summed E-state index contributed by atoms with van der Waals surface area (Å²) < 4.78 is 74.1. The Kier molecular flexibility index (Phi) is 4.09. The Morgan fingerprint density at radius 1 is 0.944 bits per heavy atom. The van der Waals surface area contributed by atoms with Crippen LogP contribution in [0.1, 0.15) is 10.4 Å². The first-order chi connectivity index (χ1) is 8.03. The van der Waals surface area contributed by atoms with Gasteiger partial charge in [0.25, 0.3) is 0 Å². The second-order valence-electron chi connectivity index (χ2n) is 3.39. The van der Waals surface area contributed by atoms with Crippen molar-refractivity contribution >= 4 is 21.7 Å². The van der Waals surface area contributed by atoms with Gasteiger partial charge in [-0.05, 0) is 12.1 Å². The first kappa shape index (κ1) is 15.0. The molecule has 0 fully saturated rings. The van der Waals surface area contributed by atoms with Crippen LogP contribution in [0.4, 0.5) is 26.3 Å². The molecule has 0 unspecified atom stereocenters. The number of carbonyl (C=O) groups is 1. The van der Waals surface area contributed by atoms with Gasteiger partial charge in [-0.15, -0.1) is 0 Å². The average molecular weight is 335 g/mol. The van der Waals surface area contributed by atoms with Crippen molar-refractivity contribution in [1.29, 1.82) is 0 Å². The zero-order valence-corrected chi connectivity index (χ0v) is 10.0. The van der Waals surface area contributed by atoms with Gasteiger partial charge in [0.1, 0.15) is 0 Å². The van der Waals surface area contributed by atoms with Crippen molar-refractivity contribution in [3.8, 4) is 0 Å². The molecule has 0 saturated carbocycles. The molecule has 1 rings (SSSR count). The lowest BCUT2D eigenvalue weighted by Crippen LogP contribution is -2.42. The van der Waals surface area contributed by atoms with Crippen molar-refractivity contribution in [2.45, 2.75) is 12.4 Å². The van der Waals surface area contributed by atoms with Gasteiger partial charge in [-0.25, -0.2) is 0 Å². The molecular formula is C10H5BrF6O. The summed E-state index contributed by atoms with van der Waals surface area (Å²) in [5.41, 5.74) is -0.641. The standard InChI is InChI=1S/C10H5BrF6O/c11-6-3-1-5(2-4-6)7(18)8(9(12,13)14)10(15,16)17/h1-4,8H. The molecule has 0 heterocycles. The van der Waals surface area contributed by atoms with Gasteiger partial charge in [0, 0.05) is 10.0 Å². The fraction of sp³-hybridized carbons (Fsp3) is 0.300. The number of halogens is 7. The highest BCUT2D eigenvalue weighted by molar-refractivity contribution is 9.10. The molecule has 8 heteroatoms. The lowest BCUT2D eigenvalue weighted by atomic mass is 9.96. The highest BCUT2D eigenvalue weighted by Crippen LogP contribution is 2.41. The number of carbonyl (C=O) groups excluding carboxylic acids is 1. The van der Waals surface area contributed by atoms with Crippen LogP contribution in [0.5, 0.6) is 0 Å². The number of hydrogen-bond donors (Lipinski definition) is 0. The summed E-state index contributed by atoms with van der Waals surface area (Å²) in [6.07, 6.45) is -11.3. The minimum absolute atomic E-state index is 0.439. The minimum Gasteiger partial charge on any atom is -0.293 e. The van der Waals surface area contributed by atoms with Gasteiger partial charge in [0.2, 0.25) is 5.92 Å². The van der Waals surface area contributed by atoms with Crippen LogP contribution in [0.25, 0.3) is 0 Å². The van der Waals surface area contributed by atoms with E-state index in [9.17, 15) is 31.1 Å². The van der Waals surface area contributed by atoms with Crippen molar-refractivity contribution in [2.75, 3.05) is 0 Å². The van der Waals surface area contributed by atoms with E-state index in [1.807, 2.05) is 0 Å². The highest BCUT2D eigenvalue weighted by atomic mass is 79.9. The van der Waals surface area contributed by atoms with Crippen LogP contribution < -0.4 is 0 Å². The van der Waals surface area contributed by atoms with Crippen molar-refractivity contribution < 1.29 is 31.1 Å². The third kappa shape index (κ3) is 3.47. The smallest absolute Gasteiger partial charge is 0.293 e. The first-order valence-electron chi connectivity index (χ1n) is 4.46. The maximum atomic E-state index is 12.3. The Morgan fingerprint density at radius 2 is 1.33 bits per heavy atom. The molecule has 0 spiro atoms. The first-order valence-corrected chi connectivity index (χ1v) is 5.26. The molecular weight excluding hydrogens is 330 g/mol.